The van der Waals surface area contributed by atoms with E-state index in [4.69, 9.17) is 4.74 Å². The zero-order valence-electron chi connectivity index (χ0n) is 14.4. The van der Waals surface area contributed by atoms with Crippen LogP contribution in [0.5, 0.6) is 5.75 Å². The van der Waals surface area contributed by atoms with Gasteiger partial charge in [-0.3, -0.25) is 4.79 Å². The van der Waals surface area contributed by atoms with E-state index in [2.05, 4.69) is 53.0 Å². The Hall–Kier alpha value is -2.43. The molecule has 1 aromatic heterocycles. The standard InChI is InChI=1S/C18H23N3O2/c1-6-11-21(16-9-7-12(2)8-10-16)18-19-13(3)17(14(4)20-18)23-15(5)22/h7-10H,6,11H2,1-5H3. The van der Waals surface area contributed by atoms with Gasteiger partial charge in [-0.15, -0.1) is 0 Å². The smallest absolute Gasteiger partial charge is 0.308 e. The summed E-state index contributed by atoms with van der Waals surface area (Å²) >= 11 is 0. The number of ether oxygens (including phenoxy) is 1. The van der Waals surface area contributed by atoms with Crippen LogP contribution in [0.3, 0.4) is 0 Å². The minimum atomic E-state index is -0.364. The molecule has 23 heavy (non-hydrogen) atoms. The van der Waals surface area contributed by atoms with E-state index in [9.17, 15) is 4.79 Å². The van der Waals surface area contributed by atoms with E-state index in [-0.39, 0.29) is 5.97 Å². The highest BCUT2D eigenvalue weighted by Gasteiger charge is 2.17. The molecule has 5 heteroatoms. The monoisotopic (exact) mass is 313 g/mol. The van der Waals surface area contributed by atoms with Crippen molar-refractivity contribution in [1.82, 2.24) is 9.97 Å². The van der Waals surface area contributed by atoms with E-state index in [1.54, 1.807) is 0 Å². The Kier molecular flexibility index (Phi) is 5.32. The van der Waals surface area contributed by atoms with Crippen LogP contribution >= 0.6 is 0 Å². The molecule has 0 radical (unpaired) electrons. The highest BCUT2D eigenvalue weighted by atomic mass is 16.5. The second-order valence-corrected chi connectivity index (χ2v) is 5.60. The molecule has 2 aromatic rings. The lowest BCUT2D eigenvalue weighted by atomic mass is 10.2. The molecule has 1 heterocycles. The largest absolute Gasteiger partial charge is 0.423 e. The summed E-state index contributed by atoms with van der Waals surface area (Å²) in [5.74, 6) is 0.708. The summed E-state index contributed by atoms with van der Waals surface area (Å²) in [5, 5.41) is 0. The molecule has 0 spiro atoms. The maximum atomic E-state index is 11.2. The predicted molar refractivity (Wildman–Crippen MR) is 91.3 cm³/mol. The Morgan fingerprint density at radius 1 is 1.09 bits per heavy atom. The molecule has 0 saturated heterocycles. The quantitative estimate of drug-likeness (QED) is 0.784. The summed E-state index contributed by atoms with van der Waals surface area (Å²) in [6.07, 6.45) is 0.973. The lowest BCUT2D eigenvalue weighted by Gasteiger charge is -2.23. The number of aromatic nitrogens is 2. The average Bonchev–Trinajstić information content (AvgIpc) is 2.49. The molecule has 0 unspecified atom stereocenters. The zero-order valence-corrected chi connectivity index (χ0v) is 14.4. The van der Waals surface area contributed by atoms with Crippen molar-refractivity contribution in [2.24, 2.45) is 0 Å². The summed E-state index contributed by atoms with van der Waals surface area (Å²) in [4.78, 5) is 22.4. The lowest BCUT2D eigenvalue weighted by Crippen LogP contribution is -2.21. The van der Waals surface area contributed by atoms with E-state index >= 15 is 0 Å². The summed E-state index contributed by atoms with van der Waals surface area (Å²) in [7, 11) is 0. The fraction of sp³-hybridized carbons (Fsp3) is 0.389. The molecule has 5 nitrogen and oxygen atoms in total. The van der Waals surface area contributed by atoms with Crippen LogP contribution < -0.4 is 9.64 Å². The number of hydrogen-bond acceptors (Lipinski definition) is 5. The Morgan fingerprint density at radius 2 is 1.65 bits per heavy atom. The van der Waals surface area contributed by atoms with Gasteiger partial charge in [0.05, 0.1) is 11.4 Å². The molecule has 2 rings (SSSR count). The molecule has 0 bridgehead atoms. The number of carbonyl (C=O) groups is 1. The van der Waals surface area contributed by atoms with E-state index in [0.29, 0.717) is 23.1 Å². The number of rotatable bonds is 5. The molecular weight excluding hydrogens is 290 g/mol. The zero-order chi connectivity index (χ0) is 17.0. The molecule has 1 aromatic carbocycles. The van der Waals surface area contributed by atoms with Gasteiger partial charge in [0.25, 0.3) is 0 Å². The molecule has 0 amide bonds. The van der Waals surface area contributed by atoms with Crippen molar-refractivity contribution in [3.8, 4) is 5.75 Å². The third-order valence-electron chi connectivity index (χ3n) is 3.47. The normalized spacial score (nSPS) is 10.5. The summed E-state index contributed by atoms with van der Waals surface area (Å²) in [5.41, 5.74) is 3.59. The van der Waals surface area contributed by atoms with Gasteiger partial charge in [-0.05, 0) is 39.3 Å². The van der Waals surface area contributed by atoms with Crippen molar-refractivity contribution in [2.75, 3.05) is 11.4 Å². The van der Waals surface area contributed by atoms with Gasteiger partial charge in [0.1, 0.15) is 0 Å². The third-order valence-corrected chi connectivity index (χ3v) is 3.47. The Labute approximate surface area is 137 Å². The van der Waals surface area contributed by atoms with Crippen molar-refractivity contribution in [3.63, 3.8) is 0 Å². The average molecular weight is 313 g/mol. The van der Waals surface area contributed by atoms with Gasteiger partial charge < -0.3 is 9.64 Å². The fourth-order valence-electron chi connectivity index (χ4n) is 2.39. The topological polar surface area (TPSA) is 55.3 Å². The second kappa shape index (κ2) is 7.22. The second-order valence-electron chi connectivity index (χ2n) is 5.60. The summed E-state index contributed by atoms with van der Waals surface area (Å²) in [6.45, 7) is 10.0. The van der Waals surface area contributed by atoms with Crippen LogP contribution in [0.15, 0.2) is 24.3 Å². The first-order chi connectivity index (χ1) is 10.9. The Bertz CT molecular complexity index is 673. The number of esters is 1. The number of aryl methyl sites for hydroxylation is 3. The van der Waals surface area contributed by atoms with Gasteiger partial charge in [0, 0.05) is 19.2 Å². The fourth-order valence-corrected chi connectivity index (χ4v) is 2.39. The van der Waals surface area contributed by atoms with Crippen LogP contribution in [0, 0.1) is 20.8 Å². The molecule has 0 aliphatic rings. The van der Waals surface area contributed by atoms with Crippen molar-refractivity contribution < 1.29 is 9.53 Å². The van der Waals surface area contributed by atoms with Gasteiger partial charge >= 0.3 is 5.97 Å². The first-order valence-electron chi connectivity index (χ1n) is 7.80. The van der Waals surface area contributed by atoms with Crippen LogP contribution in [-0.4, -0.2) is 22.5 Å². The van der Waals surface area contributed by atoms with E-state index in [1.165, 1.54) is 12.5 Å². The highest BCUT2D eigenvalue weighted by molar-refractivity contribution is 5.70. The van der Waals surface area contributed by atoms with Crippen LogP contribution in [0.2, 0.25) is 0 Å². The molecule has 0 aliphatic heterocycles. The van der Waals surface area contributed by atoms with Gasteiger partial charge in [-0.1, -0.05) is 24.6 Å². The summed E-state index contributed by atoms with van der Waals surface area (Å²) < 4.78 is 5.21. The predicted octanol–water partition coefficient (Wildman–Crippen LogP) is 3.88. The third kappa shape index (κ3) is 4.06. The molecule has 0 saturated carbocycles. The highest BCUT2D eigenvalue weighted by Crippen LogP contribution is 2.27. The van der Waals surface area contributed by atoms with Crippen LogP contribution in [0.1, 0.15) is 37.2 Å². The van der Waals surface area contributed by atoms with Crippen molar-refractivity contribution in [1.29, 1.82) is 0 Å². The number of anilines is 2. The number of carbonyl (C=O) groups excluding carboxylic acids is 1. The van der Waals surface area contributed by atoms with E-state index < -0.39 is 0 Å². The minimum absolute atomic E-state index is 0.364. The molecule has 122 valence electrons. The SMILES string of the molecule is CCCN(c1ccc(C)cc1)c1nc(C)c(OC(C)=O)c(C)n1. The Morgan fingerprint density at radius 3 is 2.13 bits per heavy atom. The Balaban J connectivity index is 2.43. The maximum Gasteiger partial charge on any atom is 0.308 e. The maximum absolute atomic E-state index is 11.2. The van der Waals surface area contributed by atoms with Gasteiger partial charge in [-0.2, -0.15) is 0 Å². The molecular formula is C18H23N3O2. The minimum Gasteiger partial charge on any atom is -0.423 e. The van der Waals surface area contributed by atoms with Crippen LogP contribution in [-0.2, 0) is 4.79 Å². The molecule has 0 aliphatic carbocycles. The number of hydrogen-bond donors (Lipinski definition) is 0. The number of benzene rings is 1. The van der Waals surface area contributed by atoms with Crippen molar-refractivity contribution in [2.45, 2.75) is 41.0 Å². The molecule has 0 atom stereocenters. The van der Waals surface area contributed by atoms with Gasteiger partial charge in [0.15, 0.2) is 5.75 Å². The van der Waals surface area contributed by atoms with Crippen molar-refractivity contribution >= 4 is 17.6 Å². The first-order valence-corrected chi connectivity index (χ1v) is 7.80. The van der Waals surface area contributed by atoms with Gasteiger partial charge in [0.2, 0.25) is 5.95 Å². The van der Waals surface area contributed by atoms with Crippen LogP contribution in [0.25, 0.3) is 0 Å². The molecule has 0 fully saturated rings. The molecule has 0 N–H and O–H groups in total. The van der Waals surface area contributed by atoms with E-state index in [0.717, 1.165) is 18.7 Å². The first kappa shape index (κ1) is 16.9. The van der Waals surface area contributed by atoms with Gasteiger partial charge in [-0.25, -0.2) is 9.97 Å². The lowest BCUT2D eigenvalue weighted by molar-refractivity contribution is -0.132. The summed E-state index contributed by atoms with van der Waals surface area (Å²) in [6, 6.07) is 8.29. The van der Waals surface area contributed by atoms with E-state index in [1.807, 2.05) is 13.8 Å². The number of nitrogens with zero attached hydrogens (tertiary/aromatic N) is 3. The van der Waals surface area contributed by atoms with Crippen molar-refractivity contribution in [3.05, 3.63) is 41.2 Å². The van der Waals surface area contributed by atoms with Crippen LogP contribution in [0.4, 0.5) is 11.6 Å².